The van der Waals surface area contributed by atoms with Crippen LogP contribution < -0.4 is 43.8 Å². The van der Waals surface area contributed by atoms with E-state index in [1.54, 1.807) is 28.4 Å². The molecular formula is C30H34Cl2O4Zr. The van der Waals surface area contributed by atoms with Gasteiger partial charge in [0.15, 0.2) is 0 Å². The van der Waals surface area contributed by atoms with Crippen LogP contribution in [0, 0.1) is 27.7 Å². The van der Waals surface area contributed by atoms with Crippen molar-refractivity contribution < 1.29 is 70.0 Å². The molecule has 0 atom stereocenters. The van der Waals surface area contributed by atoms with E-state index in [2.05, 4.69) is 52.0 Å². The van der Waals surface area contributed by atoms with Crippen molar-refractivity contribution in [1.29, 1.82) is 0 Å². The van der Waals surface area contributed by atoms with Gasteiger partial charge in [0.2, 0.25) is 0 Å². The Morgan fingerprint density at radius 1 is 0.432 bits per heavy atom. The van der Waals surface area contributed by atoms with Crippen LogP contribution >= 0.6 is 0 Å². The molecule has 196 valence electrons. The van der Waals surface area contributed by atoms with E-state index in [1.165, 1.54) is 33.4 Å². The zero-order chi connectivity index (χ0) is 24.8. The predicted molar refractivity (Wildman–Crippen MR) is 140 cm³/mol. The van der Waals surface area contributed by atoms with E-state index in [9.17, 15) is 0 Å². The smallest absolute Gasteiger partial charge is 1.00 e. The molecule has 0 saturated heterocycles. The number of aryl methyl sites for hydroxylation is 4. The summed E-state index contributed by atoms with van der Waals surface area (Å²) in [5.41, 5.74) is 9.89. The summed E-state index contributed by atoms with van der Waals surface area (Å²) < 4.78 is 21.1. The Hall–Kier alpha value is -2.20. The minimum atomic E-state index is 0. The Labute approximate surface area is 253 Å². The van der Waals surface area contributed by atoms with E-state index in [1.807, 2.05) is 36.4 Å². The maximum Gasteiger partial charge on any atom is 4.00 e. The summed E-state index contributed by atoms with van der Waals surface area (Å²) in [5, 5.41) is 0. The van der Waals surface area contributed by atoms with Crippen LogP contribution in [-0.4, -0.2) is 28.4 Å². The molecule has 0 saturated carbocycles. The first-order valence-electron chi connectivity index (χ1n) is 11.2. The van der Waals surface area contributed by atoms with Crippen LogP contribution in [0.3, 0.4) is 0 Å². The van der Waals surface area contributed by atoms with Gasteiger partial charge in [-0.25, -0.2) is 0 Å². The van der Waals surface area contributed by atoms with Gasteiger partial charge in [-0.1, -0.05) is 63.1 Å². The molecule has 0 aromatic heterocycles. The molecule has 0 fully saturated rings. The first-order chi connectivity index (χ1) is 16.3. The Kier molecular flexibility index (Phi) is 15.0. The average molecular weight is 621 g/mol. The molecule has 0 spiro atoms. The monoisotopic (exact) mass is 618 g/mol. The van der Waals surface area contributed by atoms with Crippen molar-refractivity contribution in [3.63, 3.8) is 0 Å². The molecule has 7 heteroatoms. The molecule has 4 nitrogen and oxygen atoms in total. The minimum absolute atomic E-state index is 0. The second kappa shape index (κ2) is 15.9. The van der Waals surface area contributed by atoms with Crippen LogP contribution in [-0.2, 0) is 26.2 Å². The van der Waals surface area contributed by atoms with Crippen LogP contribution in [0.25, 0.3) is 22.3 Å². The Balaban J connectivity index is 0.000000648. The van der Waals surface area contributed by atoms with Gasteiger partial charge >= 0.3 is 26.2 Å². The standard InChI is InChI=1S/2C15H17O2.2ClH.Zr/c2*1-10-5-12(6-11(10)2)13-7-14(16-3)9-15(8-13)17-4;;;/h2*5-9H,1-4H3;2*1H;/q2*-1;;;+4/p-2. The van der Waals surface area contributed by atoms with E-state index in [4.69, 9.17) is 18.9 Å². The van der Waals surface area contributed by atoms with Crippen LogP contribution in [0.5, 0.6) is 23.0 Å². The number of methoxy groups -OCH3 is 4. The molecule has 0 amide bonds. The van der Waals surface area contributed by atoms with Gasteiger partial charge in [0.05, 0.1) is 51.4 Å². The zero-order valence-electron chi connectivity index (χ0n) is 22.7. The van der Waals surface area contributed by atoms with Gasteiger partial charge in [0, 0.05) is 12.1 Å². The fraction of sp³-hybridized carbons (Fsp3) is 0.267. The molecule has 37 heavy (non-hydrogen) atoms. The molecule has 0 aliphatic carbocycles. The number of hydrogen-bond acceptors (Lipinski definition) is 4. The summed E-state index contributed by atoms with van der Waals surface area (Å²) in [6.07, 6.45) is 0. The quantitative estimate of drug-likeness (QED) is 0.306. The summed E-state index contributed by atoms with van der Waals surface area (Å²) in [6, 6.07) is 20.6. The Bertz CT molecular complexity index is 1080. The fourth-order valence-electron chi connectivity index (χ4n) is 3.75. The van der Waals surface area contributed by atoms with E-state index in [-0.39, 0.29) is 51.0 Å². The molecule has 0 heterocycles. The van der Waals surface area contributed by atoms with Crippen molar-refractivity contribution in [3.8, 4) is 45.3 Å². The van der Waals surface area contributed by atoms with E-state index < -0.39 is 0 Å². The van der Waals surface area contributed by atoms with Crippen LogP contribution in [0.4, 0.5) is 0 Å². The summed E-state index contributed by atoms with van der Waals surface area (Å²) in [6.45, 7) is 8.49. The number of rotatable bonds is 6. The molecule has 0 unspecified atom stereocenters. The van der Waals surface area contributed by atoms with Crippen LogP contribution in [0.1, 0.15) is 22.3 Å². The topological polar surface area (TPSA) is 36.9 Å². The minimum Gasteiger partial charge on any atom is -1.00 e. The van der Waals surface area contributed by atoms with Gasteiger partial charge in [0.25, 0.3) is 0 Å². The molecule has 4 aromatic carbocycles. The second-order valence-electron chi connectivity index (χ2n) is 8.42. The molecule has 0 bridgehead atoms. The number of benzene rings is 2. The molecule has 0 aliphatic heterocycles. The van der Waals surface area contributed by atoms with Crippen molar-refractivity contribution in [3.05, 3.63) is 82.9 Å². The third kappa shape index (κ3) is 8.95. The molecule has 4 rings (SSSR count). The molecule has 4 aromatic rings. The third-order valence-corrected chi connectivity index (χ3v) is 6.10. The molecule has 0 radical (unpaired) electrons. The van der Waals surface area contributed by atoms with Crippen molar-refractivity contribution in [2.24, 2.45) is 0 Å². The van der Waals surface area contributed by atoms with E-state index >= 15 is 0 Å². The molecule has 0 N–H and O–H groups in total. The molecular weight excluding hydrogens is 586 g/mol. The predicted octanol–water partition coefficient (Wildman–Crippen LogP) is 1.42. The van der Waals surface area contributed by atoms with Gasteiger partial charge in [0.1, 0.15) is 0 Å². The van der Waals surface area contributed by atoms with Crippen molar-refractivity contribution in [2.75, 3.05) is 28.4 Å². The Morgan fingerprint density at radius 3 is 0.838 bits per heavy atom. The number of halogens is 2. The summed E-state index contributed by atoms with van der Waals surface area (Å²) in [4.78, 5) is 0. The normalized spacial score (nSPS) is 9.51. The van der Waals surface area contributed by atoms with E-state index in [0.717, 1.165) is 34.1 Å². The SMILES string of the molecule is COc1cc(OC)cc(-[c-]2cc(C)c(C)c2)c1.COc1cc(OC)cc(-[c-]2cc(C)c(C)c2)c1.[Cl-].[Cl-].[Zr+4]. The van der Waals surface area contributed by atoms with Crippen molar-refractivity contribution >= 4 is 0 Å². The first kappa shape index (κ1) is 34.8. The fourth-order valence-corrected chi connectivity index (χ4v) is 3.75. The van der Waals surface area contributed by atoms with Crippen LogP contribution in [0.2, 0.25) is 0 Å². The maximum atomic E-state index is 5.28. The zero-order valence-corrected chi connectivity index (χ0v) is 26.6. The van der Waals surface area contributed by atoms with Gasteiger partial charge in [-0.2, -0.15) is 0 Å². The van der Waals surface area contributed by atoms with Gasteiger partial charge in [-0.15, -0.1) is 57.6 Å². The third-order valence-electron chi connectivity index (χ3n) is 6.10. The van der Waals surface area contributed by atoms with Crippen molar-refractivity contribution in [2.45, 2.75) is 27.7 Å². The van der Waals surface area contributed by atoms with Gasteiger partial charge in [-0.05, 0) is 0 Å². The maximum absolute atomic E-state index is 5.28. The van der Waals surface area contributed by atoms with Crippen LogP contribution in [0.15, 0.2) is 60.7 Å². The largest absolute Gasteiger partial charge is 4.00 e. The molecule has 0 aliphatic rings. The average Bonchev–Trinajstić information content (AvgIpc) is 3.38. The van der Waals surface area contributed by atoms with Gasteiger partial charge in [-0.3, -0.25) is 0 Å². The van der Waals surface area contributed by atoms with Gasteiger partial charge < -0.3 is 43.8 Å². The number of ether oxygens (including phenoxy) is 4. The van der Waals surface area contributed by atoms with E-state index in [0.29, 0.717) is 0 Å². The van der Waals surface area contributed by atoms with Crippen molar-refractivity contribution in [1.82, 2.24) is 0 Å². The number of hydrogen-bond donors (Lipinski definition) is 0. The summed E-state index contributed by atoms with van der Waals surface area (Å²) >= 11 is 0. The first-order valence-corrected chi connectivity index (χ1v) is 11.2. The summed E-state index contributed by atoms with van der Waals surface area (Å²) in [5.74, 6) is 3.26. The summed E-state index contributed by atoms with van der Waals surface area (Å²) in [7, 11) is 6.67. The second-order valence-corrected chi connectivity index (χ2v) is 8.42. The Morgan fingerprint density at radius 2 is 0.649 bits per heavy atom.